The molecule has 1 unspecified atom stereocenters. The molecule has 1 saturated heterocycles. The molecule has 6 atom stereocenters. The number of nitrogens with one attached hydrogen (secondary N) is 1. The first-order chi connectivity index (χ1) is 15.6. The van der Waals surface area contributed by atoms with Gasteiger partial charge in [0.25, 0.3) is 0 Å². The van der Waals surface area contributed by atoms with Crippen molar-refractivity contribution in [3.05, 3.63) is 46.9 Å². The molecule has 5 heteroatoms. The molecule has 1 aromatic carbocycles. The van der Waals surface area contributed by atoms with E-state index in [2.05, 4.69) is 26.1 Å². The zero-order valence-corrected chi connectivity index (χ0v) is 20.4. The van der Waals surface area contributed by atoms with Gasteiger partial charge in [-0.3, -0.25) is 9.59 Å². The third-order valence-corrected chi connectivity index (χ3v) is 9.98. The van der Waals surface area contributed by atoms with Crippen LogP contribution in [0.4, 0.5) is 4.39 Å². The van der Waals surface area contributed by atoms with E-state index < -0.39 is 0 Å². The number of fused-ring (bicyclic) bond motifs is 5. The summed E-state index contributed by atoms with van der Waals surface area (Å²) in [6.45, 7) is 7.35. The zero-order valence-electron chi connectivity index (χ0n) is 20.4. The fraction of sp³-hybridized carbons (Fsp3) is 0.643. The molecule has 178 valence electrons. The fourth-order valence-corrected chi connectivity index (χ4v) is 8.50. The van der Waals surface area contributed by atoms with E-state index in [-0.39, 0.29) is 34.4 Å². The number of halogens is 1. The van der Waals surface area contributed by atoms with Crippen LogP contribution in [0.25, 0.3) is 0 Å². The molecule has 3 aliphatic carbocycles. The standard InChI is InChI=1S/C28H37FN2O2/c1-17-14-20-21-8-9-23(26(33)30-16-18-6-5-7-19(29)15-18)27(21,2)12-10-22(20)28(3)13-11-24(32)31(4)25(17)28/h5-7,15,20-23H,8-14,16H2,1-4H3,(H,30,33)/t20-,21-,22+,23?,27-,28+/m0/s1. The number of hydrogen-bond donors (Lipinski definition) is 1. The Morgan fingerprint density at radius 3 is 2.73 bits per heavy atom. The van der Waals surface area contributed by atoms with Gasteiger partial charge in [-0.15, -0.1) is 0 Å². The first-order valence-electron chi connectivity index (χ1n) is 12.6. The Hall–Kier alpha value is -2.17. The smallest absolute Gasteiger partial charge is 0.226 e. The maximum atomic E-state index is 13.5. The third-order valence-electron chi connectivity index (χ3n) is 9.98. The number of rotatable bonds is 3. The highest BCUT2D eigenvalue weighted by atomic mass is 19.1. The molecular formula is C28H37FN2O2. The Bertz CT molecular complexity index is 1020. The van der Waals surface area contributed by atoms with E-state index in [4.69, 9.17) is 0 Å². The van der Waals surface area contributed by atoms with Crippen molar-refractivity contribution in [1.82, 2.24) is 10.2 Å². The van der Waals surface area contributed by atoms with Crippen LogP contribution in [0, 0.1) is 40.3 Å². The zero-order chi connectivity index (χ0) is 23.5. The van der Waals surface area contributed by atoms with E-state index in [1.807, 2.05) is 18.0 Å². The number of allylic oxidation sites excluding steroid dienone is 2. The molecule has 0 spiro atoms. The number of carbonyl (C=O) groups is 2. The van der Waals surface area contributed by atoms with Gasteiger partial charge in [0.1, 0.15) is 5.82 Å². The molecule has 0 bridgehead atoms. The van der Waals surface area contributed by atoms with Gasteiger partial charge in [-0.1, -0.05) is 31.6 Å². The van der Waals surface area contributed by atoms with Crippen molar-refractivity contribution in [3.63, 3.8) is 0 Å². The largest absolute Gasteiger partial charge is 0.352 e. The van der Waals surface area contributed by atoms with Crippen LogP contribution in [0.1, 0.15) is 71.3 Å². The van der Waals surface area contributed by atoms with Crippen molar-refractivity contribution in [2.75, 3.05) is 7.05 Å². The summed E-state index contributed by atoms with van der Waals surface area (Å²) in [4.78, 5) is 27.7. The summed E-state index contributed by atoms with van der Waals surface area (Å²) in [5.74, 6) is 1.83. The summed E-state index contributed by atoms with van der Waals surface area (Å²) in [5, 5.41) is 3.11. The van der Waals surface area contributed by atoms with E-state index in [0.717, 1.165) is 44.1 Å². The minimum atomic E-state index is -0.267. The van der Waals surface area contributed by atoms with Crippen molar-refractivity contribution in [2.24, 2.45) is 34.5 Å². The molecule has 1 aliphatic heterocycles. The Morgan fingerprint density at radius 2 is 1.97 bits per heavy atom. The normalized spacial score (nSPS) is 38.0. The lowest BCUT2D eigenvalue weighted by Crippen LogP contribution is -2.55. The van der Waals surface area contributed by atoms with Crippen LogP contribution in [0.15, 0.2) is 35.5 Å². The van der Waals surface area contributed by atoms with Gasteiger partial charge in [-0.25, -0.2) is 4.39 Å². The van der Waals surface area contributed by atoms with E-state index in [1.54, 1.807) is 6.07 Å². The SMILES string of the molecule is CC1=C2N(C)C(=O)CC[C@]2(C)[C@@H]2CC[C@]3(C)C(C(=O)NCc4cccc(F)c4)CC[C@H]3[C@@H]2C1. The molecule has 3 fully saturated rings. The van der Waals surface area contributed by atoms with Gasteiger partial charge in [0, 0.05) is 37.0 Å². The predicted molar refractivity (Wildman–Crippen MR) is 126 cm³/mol. The Balaban J connectivity index is 1.36. The molecule has 4 nitrogen and oxygen atoms in total. The number of likely N-dealkylation sites (tertiary alicyclic amines) is 1. The van der Waals surface area contributed by atoms with Crippen molar-refractivity contribution in [2.45, 2.75) is 72.3 Å². The summed E-state index contributed by atoms with van der Waals surface area (Å²) in [5.41, 5.74) is 3.53. The fourth-order valence-electron chi connectivity index (χ4n) is 8.50. The molecule has 1 N–H and O–H groups in total. The number of amides is 2. The lowest BCUT2D eigenvalue weighted by Gasteiger charge is -2.59. The molecule has 0 radical (unpaired) electrons. The van der Waals surface area contributed by atoms with E-state index in [1.165, 1.54) is 23.4 Å². The third kappa shape index (κ3) is 3.45. The van der Waals surface area contributed by atoms with Gasteiger partial charge in [-0.05, 0) is 86.3 Å². The minimum absolute atomic E-state index is 0.0116. The lowest BCUT2D eigenvalue weighted by molar-refractivity contribution is -0.138. The number of carbonyl (C=O) groups excluding carboxylic acids is 2. The van der Waals surface area contributed by atoms with Crippen molar-refractivity contribution < 1.29 is 14.0 Å². The molecular weight excluding hydrogens is 415 g/mol. The lowest BCUT2D eigenvalue weighted by atomic mass is 9.48. The Kier molecular flexibility index (Phi) is 5.45. The molecule has 2 amide bonds. The van der Waals surface area contributed by atoms with Gasteiger partial charge in [0.05, 0.1) is 0 Å². The number of piperidine rings is 1. The van der Waals surface area contributed by atoms with Gasteiger partial charge in [0.2, 0.25) is 11.8 Å². The van der Waals surface area contributed by atoms with Crippen LogP contribution < -0.4 is 5.32 Å². The highest BCUT2D eigenvalue weighted by Gasteiger charge is 2.61. The average molecular weight is 453 g/mol. The van der Waals surface area contributed by atoms with Gasteiger partial charge >= 0.3 is 0 Å². The summed E-state index contributed by atoms with van der Waals surface area (Å²) < 4.78 is 13.5. The summed E-state index contributed by atoms with van der Waals surface area (Å²) in [7, 11) is 1.96. The summed E-state index contributed by atoms with van der Waals surface area (Å²) >= 11 is 0. The molecule has 5 rings (SSSR count). The average Bonchev–Trinajstić information content (AvgIpc) is 3.12. The molecule has 1 heterocycles. The highest BCUT2D eigenvalue weighted by molar-refractivity contribution is 5.80. The number of nitrogens with zero attached hydrogens (tertiary/aromatic N) is 1. The second-order valence-corrected chi connectivity index (χ2v) is 11.6. The summed E-state index contributed by atoms with van der Waals surface area (Å²) in [6.07, 6.45) is 6.86. The topological polar surface area (TPSA) is 49.4 Å². The van der Waals surface area contributed by atoms with Crippen LogP contribution >= 0.6 is 0 Å². The van der Waals surface area contributed by atoms with Crippen LogP contribution in [-0.4, -0.2) is 23.8 Å². The second-order valence-electron chi connectivity index (χ2n) is 11.6. The van der Waals surface area contributed by atoms with Crippen molar-refractivity contribution >= 4 is 11.8 Å². The molecule has 0 aromatic heterocycles. The minimum Gasteiger partial charge on any atom is -0.352 e. The number of hydrogen-bond acceptors (Lipinski definition) is 2. The first-order valence-corrected chi connectivity index (χ1v) is 12.6. The van der Waals surface area contributed by atoms with E-state index in [9.17, 15) is 14.0 Å². The Labute approximate surface area is 197 Å². The van der Waals surface area contributed by atoms with Gasteiger partial charge in [-0.2, -0.15) is 0 Å². The van der Waals surface area contributed by atoms with Crippen LogP contribution in [-0.2, 0) is 16.1 Å². The van der Waals surface area contributed by atoms with E-state index >= 15 is 0 Å². The Morgan fingerprint density at radius 1 is 1.18 bits per heavy atom. The van der Waals surface area contributed by atoms with Crippen molar-refractivity contribution in [3.8, 4) is 0 Å². The monoisotopic (exact) mass is 452 g/mol. The maximum absolute atomic E-state index is 13.5. The molecule has 2 saturated carbocycles. The van der Waals surface area contributed by atoms with Gasteiger partial charge in [0.15, 0.2) is 0 Å². The van der Waals surface area contributed by atoms with E-state index in [0.29, 0.717) is 30.7 Å². The van der Waals surface area contributed by atoms with Crippen LogP contribution in [0.2, 0.25) is 0 Å². The highest BCUT2D eigenvalue weighted by Crippen LogP contribution is 2.66. The first kappa shape index (κ1) is 22.6. The number of benzene rings is 1. The quantitative estimate of drug-likeness (QED) is 0.664. The maximum Gasteiger partial charge on any atom is 0.226 e. The predicted octanol–water partition coefficient (Wildman–Crippen LogP) is 5.44. The van der Waals surface area contributed by atoms with Crippen molar-refractivity contribution in [1.29, 1.82) is 0 Å². The second kappa shape index (κ2) is 7.95. The summed E-state index contributed by atoms with van der Waals surface area (Å²) in [6, 6.07) is 6.47. The molecule has 33 heavy (non-hydrogen) atoms. The molecule has 1 aromatic rings. The van der Waals surface area contributed by atoms with Crippen LogP contribution in [0.5, 0.6) is 0 Å². The van der Waals surface area contributed by atoms with Gasteiger partial charge < -0.3 is 10.2 Å². The van der Waals surface area contributed by atoms with Crippen LogP contribution in [0.3, 0.4) is 0 Å². The molecule has 4 aliphatic rings.